The van der Waals surface area contributed by atoms with Gasteiger partial charge in [-0.3, -0.25) is 4.79 Å². The van der Waals surface area contributed by atoms with E-state index in [4.69, 9.17) is 0 Å². The van der Waals surface area contributed by atoms with Crippen LogP contribution in [-0.4, -0.2) is 37.0 Å². The maximum absolute atomic E-state index is 13.5. The zero-order valence-electron chi connectivity index (χ0n) is 14.8. The first-order valence-corrected chi connectivity index (χ1v) is 7.88. The molecule has 0 heterocycles. The molecule has 136 valence electrons. The normalized spacial score (nSPS) is 11.5. The van der Waals surface area contributed by atoms with Gasteiger partial charge in [0.25, 0.3) is 0 Å². The van der Waals surface area contributed by atoms with E-state index in [0.29, 0.717) is 31.0 Å². The van der Waals surface area contributed by atoms with Crippen LogP contribution in [0.15, 0.2) is 29.3 Å². The number of aliphatic imine (C=N–C) groups is 1. The van der Waals surface area contributed by atoms with Crippen molar-refractivity contribution in [2.75, 3.05) is 19.6 Å². The molecule has 0 fully saturated rings. The highest BCUT2D eigenvalue weighted by molar-refractivity contribution is 14.0. The number of nitrogens with zero attached hydrogens (tertiary/aromatic N) is 1. The van der Waals surface area contributed by atoms with Crippen molar-refractivity contribution < 1.29 is 9.18 Å². The first kappa shape index (κ1) is 22.6. The molecule has 0 aliphatic rings. The number of amides is 1. The fraction of sp³-hybridized carbons (Fsp3) is 0.529. The van der Waals surface area contributed by atoms with Crippen LogP contribution in [-0.2, 0) is 11.2 Å². The van der Waals surface area contributed by atoms with Crippen molar-refractivity contribution in [3.63, 3.8) is 0 Å². The molecule has 1 rings (SSSR count). The molecule has 0 bridgehead atoms. The zero-order chi connectivity index (χ0) is 17.3. The quantitative estimate of drug-likeness (QED) is 0.355. The second kappa shape index (κ2) is 11.2. The Balaban J connectivity index is 0.00000529. The first-order valence-electron chi connectivity index (χ1n) is 7.88. The molecule has 0 aromatic heterocycles. The third kappa shape index (κ3) is 9.69. The summed E-state index contributed by atoms with van der Waals surface area (Å²) in [6, 6.07) is 6.70. The Morgan fingerprint density at radius 3 is 2.46 bits per heavy atom. The predicted molar refractivity (Wildman–Crippen MR) is 107 cm³/mol. The molecule has 0 saturated carbocycles. The number of carbonyl (C=O) groups is 1. The molecule has 5 nitrogen and oxygen atoms in total. The fourth-order valence-electron chi connectivity index (χ4n) is 1.97. The van der Waals surface area contributed by atoms with Crippen molar-refractivity contribution >= 4 is 35.8 Å². The molecule has 0 radical (unpaired) electrons. The van der Waals surface area contributed by atoms with E-state index in [1.54, 1.807) is 12.1 Å². The molecule has 1 aromatic rings. The number of benzene rings is 1. The standard InChI is InChI=1S/C17H27FN4O.HI/c1-5-19-16(21-12-15(23)22-17(2,3)4)20-11-10-13-8-6-7-9-14(13)18;/h6-9H,5,10-12H2,1-4H3,(H,22,23)(H2,19,20,21);1H. The fourth-order valence-corrected chi connectivity index (χ4v) is 1.97. The smallest absolute Gasteiger partial charge is 0.242 e. The Kier molecular flexibility index (Phi) is 10.6. The zero-order valence-corrected chi connectivity index (χ0v) is 17.1. The van der Waals surface area contributed by atoms with E-state index in [2.05, 4.69) is 20.9 Å². The minimum Gasteiger partial charge on any atom is -0.357 e. The van der Waals surface area contributed by atoms with E-state index in [9.17, 15) is 9.18 Å². The lowest BCUT2D eigenvalue weighted by molar-refractivity contribution is -0.121. The molecular formula is C17H28FIN4O. The third-order valence-electron chi connectivity index (χ3n) is 2.88. The summed E-state index contributed by atoms with van der Waals surface area (Å²) in [5.41, 5.74) is 0.379. The molecule has 1 amide bonds. The van der Waals surface area contributed by atoms with Gasteiger partial charge in [-0.05, 0) is 45.7 Å². The second-order valence-corrected chi connectivity index (χ2v) is 6.26. The third-order valence-corrected chi connectivity index (χ3v) is 2.88. The number of hydrogen-bond donors (Lipinski definition) is 3. The summed E-state index contributed by atoms with van der Waals surface area (Å²) in [6.45, 7) is 8.99. The average molecular weight is 450 g/mol. The van der Waals surface area contributed by atoms with Gasteiger partial charge in [0.1, 0.15) is 12.4 Å². The number of rotatable bonds is 6. The highest BCUT2D eigenvalue weighted by Crippen LogP contribution is 2.06. The van der Waals surface area contributed by atoms with Gasteiger partial charge in [0.2, 0.25) is 5.91 Å². The van der Waals surface area contributed by atoms with Crippen molar-refractivity contribution in [1.29, 1.82) is 0 Å². The maximum atomic E-state index is 13.5. The van der Waals surface area contributed by atoms with Gasteiger partial charge >= 0.3 is 0 Å². The summed E-state index contributed by atoms with van der Waals surface area (Å²) in [5.74, 6) is 0.206. The van der Waals surface area contributed by atoms with E-state index in [1.165, 1.54) is 6.07 Å². The van der Waals surface area contributed by atoms with Crippen LogP contribution >= 0.6 is 24.0 Å². The van der Waals surface area contributed by atoms with Gasteiger partial charge in [0.15, 0.2) is 5.96 Å². The molecule has 0 atom stereocenters. The van der Waals surface area contributed by atoms with Gasteiger partial charge in [-0.25, -0.2) is 9.38 Å². The summed E-state index contributed by atoms with van der Waals surface area (Å²) in [6.07, 6.45) is 0.547. The van der Waals surface area contributed by atoms with E-state index in [1.807, 2.05) is 33.8 Å². The molecule has 0 aliphatic heterocycles. The van der Waals surface area contributed by atoms with Crippen LogP contribution in [0, 0.1) is 5.82 Å². The monoisotopic (exact) mass is 450 g/mol. The lowest BCUT2D eigenvalue weighted by Gasteiger charge is -2.20. The number of halogens is 2. The number of guanidine groups is 1. The molecule has 0 aliphatic carbocycles. The van der Waals surface area contributed by atoms with Crippen LogP contribution in [0.25, 0.3) is 0 Å². The van der Waals surface area contributed by atoms with Gasteiger partial charge in [-0.15, -0.1) is 24.0 Å². The summed E-state index contributed by atoms with van der Waals surface area (Å²) >= 11 is 0. The van der Waals surface area contributed by atoms with Gasteiger partial charge < -0.3 is 16.0 Å². The molecular weight excluding hydrogens is 422 g/mol. The SMILES string of the molecule is CCNC(=NCC(=O)NC(C)(C)C)NCCc1ccccc1F.I. The van der Waals surface area contributed by atoms with Crippen LogP contribution in [0.1, 0.15) is 33.3 Å². The van der Waals surface area contributed by atoms with Crippen LogP contribution in [0.5, 0.6) is 0 Å². The Labute approximate surface area is 160 Å². The summed E-state index contributed by atoms with van der Waals surface area (Å²) in [5, 5.41) is 9.03. The lowest BCUT2D eigenvalue weighted by atomic mass is 10.1. The van der Waals surface area contributed by atoms with E-state index in [0.717, 1.165) is 0 Å². The number of nitrogens with one attached hydrogen (secondary N) is 3. The summed E-state index contributed by atoms with van der Waals surface area (Å²) < 4.78 is 13.5. The van der Waals surface area contributed by atoms with Crippen LogP contribution in [0.3, 0.4) is 0 Å². The van der Waals surface area contributed by atoms with Gasteiger partial charge in [-0.2, -0.15) is 0 Å². The molecule has 0 saturated heterocycles. The Morgan fingerprint density at radius 2 is 1.88 bits per heavy atom. The van der Waals surface area contributed by atoms with E-state index < -0.39 is 0 Å². The second-order valence-electron chi connectivity index (χ2n) is 6.26. The van der Waals surface area contributed by atoms with E-state index in [-0.39, 0.29) is 47.8 Å². The van der Waals surface area contributed by atoms with Crippen molar-refractivity contribution in [3.8, 4) is 0 Å². The summed E-state index contributed by atoms with van der Waals surface area (Å²) in [4.78, 5) is 16.0. The maximum Gasteiger partial charge on any atom is 0.242 e. The number of carbonyl (C=O) groups excluding carboxylic acids is 1. The topological polar surface area (TPSA) is 65.5 Å². The van der Waals surface area contributed by atoms with E-state index >= 15 is 0 Å². The molecule has 1 aromatic carbocycles. The van der Waals surface area contributed by atoms with Crippen LogP contribution in [0.4, 0.5) is 4.39 Å². The van der Waals surface area contributed by atoms with Crippen LogP contribution in [0.2, 0.25) is 0 Å². The molecule has 0 spiro atoms. The van der Waals surface area contributed by atoms with Crippen molar-refractivity contribution in [2.24, 2.45) is 4.99 Å². The molecule has 3 N–H and O–H groups in total. The molecule has 0 unspecified atom stereocenters. The first-order chi connectivity index (χ1) is 10.8. The Bertz CT molecular complexity index is 544. The average Bonchev–Trinajstić information content (AvgIpc) is 2.45. The molecule has 7 heteroatoms. The molecule has 24 heavy (non-hydrogen) atoms. The Morgan fingerprint density at radius 1 is 1.21 bits per heavy atom. The Hall–Kier alpha value is -1.38. The van der Waals surface area contributed by atoms with Gasteiger partial charge in [0.05, 0.1) is 0 Å². The van der Waals surface area contributed by atoms with Crippen molar-refractivity contribution in [1.82, 2.24) is 16.0 Å². The number of hydrogen-bond acceptors (Lipinski definition) is 2. The minimum absolute atomic E-state index is 0. The highest BCUT2D eigenvalue weighted by atomic mass is 127. The lowest BCUT2D eigenvalue weighted by Crippen LogP contribution is -2.43. The minimum atomic E-state index is -0.275. The van der Waals surface area contributed by atoms with Crippen molar-refractivity contribution in [3.05, 3.63) is 35.6 Å². The predicted octanol–water partition coefficient (Wildman–Crippen LogP) is 2.46. The van der Waals surface area contributed by atoms with Crippen molar-refractivity contribution in [2.45, 2.75) is 39.7 Å². The van der Waals surface area contributed by atoms with Gasteiger partial charge in [-0.1, -0.05) is 18.2 Å². The largest absolute Gasteiger partial charge is 0.357 e. The van der Waals surface area contributed by atoms with Gasteiger partial charge in [0, 0.05) is 18.6 Å². The highest BCUT2D eigenvalue weighted by Gasteiger charge is 2.13. The summed E-state index contributed by atoms with van der Waals surface area (Å²) in [7, 11) is 0. The van der Waals surface area contributed by atoms with Crippen LogP contribution < -0.4 is 16.0 Å².